The van der Waals surface area contributed by atoms with Crippen molar-refractivity contribution in [3.63, 3.8) is 0 Å². The number of methoxy groups -OCH3 is 1. The number of esters is 1. The second-order valence-electron chi connectivity index (χ2n) is 8.14. The lowest BCUT2D eigenvalue weighted by atomic mass is 10.0. The highest BCUT2D eigenvalue weighted by atomic mass is 79.9. The van der Waals surface area contributed by atoms with E-state index < -0.39 is 17.6 Å². The molecular weight excluding hydrogens is 600 g/mol. The van der Waals surface area contributed by atoms with Crippen LogP contribution in [-0.4, -0.2) is 54.7 Å². The number of hydrogen-bond acceptors (Lipinski definition) is 6. The zero-order valence-electron chi connectivity index (χ0n) is 21.0. The molecule has 1 heterocycles. The summed E-state index contributed by atoms with van der Waals surface area (Å²) in [4.78, 5) is 14.8. The summed E-state index contributed by atoms with van der Waals surface area (Å²) in [7, 11) is 1.31. The first kappa shape index (κ1) is 30.4. The highest BCUT2D eigenvalue weighted by Crippen LogP contribution is 2.35. The van der Waals surface area contributed by atoms with Gasteiger partial charge in [-0.2, -0.15) is 0 Å². The predicted octanol–water partition coefficient (Wildman–Crippen LogP) is 6.52. The molecule has 1 aromatic heterocycles. The highest BCUT2D eigenvalue weighted by Gasteiger charge is 2.16. The van der Waals surface area contributed by atoms with Crippen LogP contribution in [0.4, 0.5) is 8.78 Å². The van der Waals surface area contributed by atoms with Crippen LogP contribution in [0.25, 0.3) is 22.0 Å². The molecule has 7 nitrogen and oxygen atoms in total. The van der Waals surface area contributed by atoms with Crippen LogP contribution >= 0.6 is 27.5 Å². The molecule has 11 heteroatoms. The Morgan fingerprint density at radius 3 is 2.13 bits per heavy atom. The first-order valence-electron chi connectivity index (χ1n) is 11.9. The van der Waals surface area contributed by atoms with E-state index in [1.807, 2.05) is 0 Å². The number of nitrogens with one attached hydrogen (secondary N) is 1. The highest BCUT2D eigenvalue weighted by molar-refractivity contribution is 9.10. The lowest BCUT2D eigenvalue weighted by Gasteiger charge is -2.10. The third-order valence-electron chi connectivity index (χ3n) is 5.43. The Morgan fingerprint density at radius 2 is 1.56 bits per heavy atom. The van der Waals surface area contributed by atoms with Gasteiger partial charge in [0.1, 0.15) is 0 Å². The molecule has 0 bridgehead atoms. The number of ether oxygens (including phenoxy) is 3. The fourth-order valence-corrected chi connectivity index (χ4v) is 4.12. The molecule has 4 aromatic rings. The topological polar surface area (TPSA) is 101 Å². The third-order valence-corrected chi connectivity index (χ3v) is 6.24. The second kappa shape index (κ2) is 14.8. The van der Waals surface area contributed by atoms with Crippen LogP contribution in [0.3, 0.4) is 0 Å². The minimum atomic E-state index is -0.529. The molecule has 0 aliphatic heterocycles. The Morgan fingerprint density at radius 1 is 0.949 bits per heavy atom. The molecule has 3 N–H and O–H groups in total. The maximum absolute atomic E-state index is 14.3. The van der Waals surface area contributed by atoms with E-state index in [2.05, 4.69) is 20.9 Å². The molecule has 39 heavy (non-hydrogen) atoms. The Kier molecular flexibility index (Phi) is 11.5. The SMILES string of the molecule is COC(=O)c1c[nH]c2cc(Cl)c(-c3ccc(OCCCO)c(F)c3)cc12.OCCCOc1ccc(Br)cc1F. The van der Waals surface area contributed by atoms with Gasteiger partial charge >= 0.3 is 5.97 Å². The number of aliphatic hydroxyl groups excluding tert-OH is 2. The van der Waals surface area contributed by atoms with Crippen molar-refractivity contribution in [2.24, 2.45) is 0 Å². The van der Waals surface area contributed by atoms with E-state index in [9.17, 15) is 13.6 Å². The molecule has 0 spiro atoms. The number of fused-ring (bicyclic) bond motifs is 1. The Bertz CT molecular complexity index is 1410. The zero-order chi connectivity index (χ0) is 28.4. The number of aromatic amines is 1. The summed E-state index contributed by atoms with van der Waals surface area (Å²) in [5.41, 5.74) is 2.21. The first-order valence-corrected chi connectivity index (χ1v) is 13.1. The van der Waals surface area contributed by atoms with E-state index in [1.165, 1.54) is 25.3 Å². The Labute approximate surface area is 237 Å². The fraction of sp³-hybridized carbons (Fsp3) is 0.250. The maximum Gasteiger partial charge on any atom is 0.340 e. The van der Waals surface area contributed by atoms with Crippen molar-refractivity contribution >= 4 is 44.4 Å². The van der Waals surface area contributed by atoms with Gasteiger partial charge < -0.3 is 29.4 Å². The molecule has 208 valence electrons. The van der Waals surface area contributed by atoms with Gasteiger partial charge in [-0.05, 0) is 48.0 Å². The number of halogens is 4. The first-order chi connectivity index (χ1) is 18.8. The smallest absolute Gasteiger partial charge is 0.340 e. The molecule has 0 radical (unpaired) electrons. The summed E-state index contributed by atoms with van der Waals surface area (Å²) < 4.78 is 43.2. The van der Waals surface area contributed by atoms with E-state index >= 15 is 0 Å². The van der Waals surface area contributed by atoms with Crippen molar-refractivity contribution in [2.75, 3.05) is 33.5 Å². The average molecular weight is 627 g/mol. The monoisotopic (exact) mass is 625 g/mol. The molecule has 3 aromatic carbocycles. The van der Waals surface area contributed by atoms with E-state index in [0.717, 1.165) is 0 Å². The van der Waals surface area contributed by atoms with Gasteiger partial charge in [0.2, 0.25) is 0 Å². The van der Waals surface area contributed by atoms with Crippen LogP contribution in [0, 0.1) is 11.6 Å². The molecule has 0 atom stereocenters. The van der Waals surface area contributed by atoms with Crippen LogP contribution in [0.2, 0.25) is 5.02 Å². The van der Waals surface area contributed by atoms with Gasteiger partial charge in [-0.25, -0.2) is 13.6 Å². The van der Waals surface area contributed by atoms with Crippen molar-refractivity contribution in [2.45, 2.75) is 12.8 Å². The molecule has 4 rings (SSSR count). The summed E-state index contributed by atoms with van der Waals surface area (Å²) in [6.07, 6.45) is 2.48. The number of carbonyl (C=O) groups is 1. The molecule has 0 aliphatic carbocycles. The molecule has 0 unspecified atom stereocenters. The van der Waals surface area contributed by atoms with Crippen LogP contribution < -0.4 is 9.47 Å². The van der Waals surface area contributed by atoms with Gasteiger partial charge in [0.05, 0.1) is 30.9 Å². The van der Waals surface area contributed by atoms with Crippen LogP contribution in [0.1, 0.15) is 23.2 Å². The number of aromatic nitrogens is 1. The summed E-state index contributed by atoms with van der Waals surface area (Å²) in [5.74, 6) is -1.07. The zero-order valence-corrected chi connectivity index (χ0v) is 23.3. The number of carbonyl (C=O) groups excluding carboxylic acids is 1. The Balaban J connectivity index is 0.000000272. The van der Waals surface area contributed by atoms with E-state index in [4.69, 9.17) is 36.0 Å². The lowest BCUT2D eigenvalue weighted by molar-refractivity contribution is 0.0603. The predicted molar refractivity (Wildman–Crippen MR) is 149 cm³/mol. The van der Waals surface area contributed by atoms with Crippen LogP contribution in [0.15, 0.2) is 59.2 Å². The fourth-order valence-electron chi connectivity index (χ4n) is 3.51. The molecule has 0 aliphatic rings. The molecule has 0 saturated heterocycles. The van der Waals surface area contributed by atoms with Gasteiger partial charge in [0.15, 0.2) is 23.1 Å². The standard InChI is InChI=1S/C19H17ClFNO4.C9H10BrFO2/c1-25-19(24)14-10-22-17-9-15(20)12(8-13(14)17)11-3-4-18(16(21)7-11)26-6-2-5-23;10-7-2-3-9(8(11)6-7)13-5-1-4-12/h3-4,7-10,22-23H,2,5-6H2,1H3;2-3,6,12H,1,4-5H2. The van der Waals surface area contributed by atoms with Crippen molar-refractivity contribution in [1.82, 2.24) is 4.98 Å². The van der Waals surface area contributed by atoms with Crippen LogP contribution in [-0.2, 0) is 4.74 Å². The molecule has 0 amide bonds. The number of H-pyrrole nitrogens is 1. The minimum Gasteiger partial charge on any atom is -0.490 e. The summed E-state index contributed by atoms with van der Waals surface area (Å²) in [5, 5.41) is 18.3. The number of benzene rings is 3. The van der Waals surface area contributed by atoms with Crippen LogP contribution in [0.5, 0.6) is 11.5 Å². The number of hydrogen-bond donors (Lipinski definition) is 3. The molecular formula is C28H27BrClF2NO6. The van der Waals surface area contributed by atoms with Gasteiger partial charge in [0, 0.05) is 53.2 Å². The molecule has 0 fully saturated rings. The van der Waals surface area contributed by atoms with Gasteiger partial charge in [-0.1, -0.05) is 33.6 Å². The number of aliphatic hydroxyl groups is 2. The van der Waals surface area contributed by atoms with Gasteiger partial charge in [-0.15, -0.1) is 0 Å². The Hall–Kier alpha value is -3.18. The molecule has 0 saturated carbocycles. The normalized spacial score (nSPS) is 10.6. The second-order valence-corrected chi connectivity index (χ2v) is 9.47. The van der Waals surface area contributed by atoms with Crippen molar-refractivity contribution in [3.8, 4) is 22.6 Å². The minimum absolute atomic E-state index is 0.0193. The van der Waals surface area contributed by atoms with Crippen molar-refractivity contribution in [3.05, 3.63) is 81.4 Å². The van der Waals surface area contributed by atoms with Gasteiger partial charge in [0.25, 0.3) is 0 Å². The van der Waals surface area contributed by atoms with E-state index in [-0.39, 0.29) is 31.3 Å². The average Bonchev–Trinajstić information content (AvgIpc) is 3.33. The third kappa shape index (κ3) is 8.15. The quantitative estimate of drug-likeness (QED) is 0.137. The van der Waals surface area contributed by atoms with E-state index in [0.29, 0.717) is 56.5 Å². The van der Waals surface area contributed by atoms with Gasteiger partial charge in [-0.3, -0.25) is 0 Å². The largest absolute Gasteiger partial charge is 0.490 e. The summed E-state index contributed by atoms with van der Waals surface area (Å²) in [6, 6.07) is 12.5. The maximum atomic E-state index is 14.3. The number of rotatable bonds is 10. The lowest BCUT2D eigenvalue weighted by Crippen LogP contribution is -2.01. The van der Waals surface area contributed by atoms with Crippen molar-refractivity contribution in [1.29, 1.82) is 0 Å². The van der Waals surface area contributed by atoms with Crippen molar-refractivity contribution < 1.29 is 38.0 Å². The summed E-state index contributed by atoms with van der Waals surface area (Å²) >= 11 is 9.48. The van der Waals surface area contributed by atoms with E-state index in [1.54, 1.807) is 36.5 Å². The summed E-state index contributed by atoms with van der Waals surface area (Å²) in [6.45, 7) is 0.590.